The van der Waals surface area contributed by atoms with E-state index in [-0.39, 0.29) is 28.8 Å². The predicted octanol–water partition coefficient (Wildman–Crippen LogP) is 3.65. The van der Waals surface area contributed by atoms with E-state index in [0.29, 0.717) is 11.3 Å². The number of hydrogen-bond acceptors (Lipinski definition) is 5. The van der Waals surface area contributed by atoms with Crippen LogP contribution in [0.5, 0.6) is 0 Å². The van der Waals surface area contributed by atoms with E-state index in [2.05, 4.69) is 15.5 Å². The van der Waals surface area contributed by atoms with Gasteiger partial charge < -0.3 is 5.32 Å². The average molecular weight is 421 g/mol. The summed E-state index contributed by atoms with van der Waals surface area (Å²) in [4.78, 5) is 23.0. The minimum atomic E-state index is -0.796. The Bertz CT molecular complexity index is 1070. The number of nitro groups is 1. The maximum atomic E-state index is 14.0. The van der Waals surface area contributed by atoms with E-state index < -0.39 is 22.7 Å². The quantitative estimate of drug-likeness (QED) is 0.483. The van der Waals surface area contributed by atoms with Crippen LogP contribution >= 0.6 is 11.6 Å². The van der Waals surface area contributed by atoms with Gasteiger partial charge in [-0.05, 0) is 32.9 Å². The third-order valence-electron chi connectivity index (χ3n) is 4.56. The van der Waals surface area contributed by atoms with Gasteiger partial charge in [-0.3, -0.25) is 24.3 Å². The van der Waals surface area contributed by atoms with E-state index >= 15 is 0 Å². The molecule has 0 fully saturated rings. The Morgan fingerprint density at radius 2 is 2.14 bits per heavy atom. The maximum absolute atomic E-state index is 14.0. The van der Waals surface area contributed by atoms with Gasteiger partial charge in [-0.2, -0.15) is 10.2 Å². The SMILES string of the molecule is Cc1cc(NC(=O)C(C)n2ncc([N+](=O)[O-])c2C)nn1Cc1c(F)cccc1Cl. The molecule has 1 amide bonds. The molecule has 1 unspecified atom stereocenters. The summed E-state index contributed by atoms with van der Waals surface area (Å²) in [6.45, 7) is 4.96. The van der Waals surface area contributed by atoms with Gasteiger partial charge in [0.1, 0.15) is 23.7 Å². The van der Waals surface area contributed by atoms with Crippen molar-refractivity contribution in [2.45, 2.75) is 33.4 Å². The summed E-state index contributed by atoms with van der Waals surface area (Å²) in [5, 5.41) is 22.1. The Morgan fingerprint density at radius 3 is 2.76 bits per heavy atom. The van der Waals surface area contributed by atoms with Crippen molar-refractivity contribution in [2.24, 2.45) is 0 Å². The van der Waals surface area contributed by atoms with E-state index in [1.165, 1.54) is 28.4 Å². The molecule has 3 aromatic rings. The number of aryl methyl sites for hydroxylation is 1. The number of hydrogen-bond donors (Lipinski definition) is 1. The number of carbonyl (C=O) groups excluding carboxylic acids is 1. The second-order valence-electron chi connectivity index (χ2n) is 6.51. The van der Waals surface area contributed by atoms with Crippen LogP contribution in [0.15, 0.2) is 30.5 Å². The minimum absolute atomic E-state index is 0.104. The fraction of sp³-hybridized carbons (Fsp3) is 0.278. The molecule has 0 saturated carbocycles. The lowest BCUT2D eigenvalue weighted by Gasteiger charge is -2.12. The van der Waals surface area contributed by atoms with Crippen LogP contribution in [0.2, 0.25) is 5.02 Å². The van der Waals surface area contributed by atoms with Gasteiger partial charge in [-0.25, -0.2) is 4.39 Å². The molecule has 0 aliphatic rings. The van der Waals surface area contributed by atoms with Gasteiger partial charge in [-0.15, -0.1) is 0 Å². The maximum Gasteiger partial charge on any atom is 0.309 e. The number of aromatic nitrogens is 4. The molecule has 1 aromatic carbocycles. The number of amides is 1. The monoisotopic (exact) mass is 420 g/mol. The molecule has 29 heavy (non-hydrogen) atoms. The van der Waals surface area contributed by atoms with Gasteiger partial charge in [0.15, 0.2) is 5.82 Å². The molecule has 152 valence electrons. The summed E-state index contributed by atoms with van der Waals surface area (Å²) in [6.07, 6.45) is 1.11. The number of benzene rings is 1. The number of anilines is 1. The largest absolute Gasteiger partial charge is 0.309 e. The van der Waals surface area contributed by atoms with E-state index in [1.54, 1.807) is 26.0 Å². The summed E-state index contributed by atoms with van der Waals surface area (Å²) < 4.78 is 16.8. The Balaban J connectivity index is 1.76. The van der Waals surface area contributed by atoms with Crippen LogP contribution in [0.3, 0.4) is 0 Å². The van der Waals surface area contributed by atoms with Crippen molar-refractivity contribution in [3.63, 3.8) is 0 Å². The summed E-state index contributed by atoms with van der Waals surface area (Å²) in [7, 11) is 0. The highest BCUT2D eigenvalue weighted by molar-refractivity contribution is 6.31. The number of halogens is 2. The molecule has 0 bridgehead atoms. The van der Waals surface area contributed by atoms with Gasteiger partial charge in [0.2, 0.25) is 5.91 Å². The zero-order valence-corrected chi connectivity index (χ0v) is 16.6. The van der Waals surface area contributed by atoms with Crippen LogP contribution in [0.4, 0.5) is 15.9 Å². The van der Waals surface area contributed by atoms with Crippen LogP contribution in [0.1, 0.15) is 29.9 Å². The number of nitrogens with zero attached hydrogens (tertiary/aromatic N) is 5. The molecule has 0 spiro atoms. The standard InChI is InChI=1S/C18H18ClFN6O3/c1-10-7-17(23-24(10)9-13-14(19)5-4-6-15(13)20)22-18(27)12(3)25-11(2)16(8-21-25)26(28)29/h4-8,12H,9H2,1-3H3,(H,22,23,27). The first-order valence-corrected chi connectivity index (χ1v) is 9.03. The topological polar surface area (TPSA) is 108 Å². The molecule has 0 aliphatic heterocycles. The minimum Gasteiger partial charge on any atom is -0.307 e. The summed E-state index contributed by atoms with van der Waals surface area (Å²) >= 11 is 6.06. The molecular formula is C18H18ClFN6O3. The summed E-state index contributed by atoms with van der Waals surface area (Å²) in [6, 6.07) is 5.27. The smallest absolute Gasteiger partial charge is 0.307 e. The molecule has 0 radical (unpaired) electrons. The number of carbonyl (C=O) groups is 1. The highest BCUT2D eigenvalue weighted by Crippen LogP contribution is 2.23. The van der Waals surface area contributed by atoms with Crippen molar-refractivity contribution < 1.29 is 14.1 Å². The lowest BCUT2D eigenvalue weighted by molar-refractivity contribution is -0.385. The van der Waals surface area contributed by atoms with Crippen molar-refractivity contribution in [2.75, 3.05) is 5.32 Å². The molecule has 1 atom stereocenters. The van der Waals surface area contributed by atoms with Crippen molar-refractivity contribution >= 4 is 29.0 Å². The molecule has 0 aliphatic carbocycles. The Kier molecular flexibility index (Phi) is 5.64. The highest BCUT2D eigenvalue weighted by atomic mass is 35.5. The summed E-state index contributed by atoms with van der Waals surface area (Å²) in [5.74, 6) is -0.617. The molecular weight excluding hydrogens is 403 g/mol. The Hall–Kier alpha value is -3.27. The fourth-order valence-corrected chi connectivity index (χ4v) is 3.11. The predicted molar refractivity (Wildman–Crippen MR) is 104 cm³/mol. The first kappa shape index (κ1) is 20.5. The van der Waals surface area contributed by atoms with Gasteiger partial charge in [0.25, 0.3) is 0 Å². The van der Waals surface area contributed by atoms with Crippen LogP contribution < -0.4 is 5.32 Å². The molecule has 3 rings (SSSR count). The molecule has 2 aromatic heterocycles. The summed E-state index contributed by atoms with van der Waals surface area (Å²) in [5.41, 5.74) is 1.10. The highest BCUT2D eigenvalue weighted by Gasteiger charge is 2.24. The first-order chi connectivity index (χ1) is 13.7. The van der Waals surface area contributed by atoms with Crippen LogP contribution in [0.25, 0.3) is 0 Å². The Morgan fingerprint density at radius 1 is 1.41 bits per heavy atom. The molecule has 0 saturated heterocycles. The van der Waals surface area contributed by atoms with Crippen LogP contribution in [0, 0.1) is 29.8 Å². The number of rotatable bonds is 6. The molecule has 9 nitrogen and oxygen atoms in total. The van der Waals surface area contributed by atoms with Crippen LogP contribution in [-0.2, 0) is 11.3 Å². The van der Waals surface area contributed by atoms with Gasteiger partial charge >= 0.3 is 5.69 Å². The van der Waals surface area contributed by atoms with E-state index in [1.807, 2.05) is 0 Å². The van der Waals surface area contributed by atoms with Gasteiger partial charge in [0, 0.05) is 22.3 Å². The zero-order valence-electron chi connectivity index (χ0n) is 15.9. The fourth-order valence-electron chi connectivity index (χ4n) is 2.89. The molecule has 11 heteroatoms. The lowest BCUT2D eigenvalue weighted by Crippen LogP contribution is -2.25. The van der Waals surface area contributed by atoms with Crippen molar-refractivity contribution in [3.8, 4) is 0 Å². The van der Waals surface area contributed by atoms with E-state index in [0.717, 1.165) is 6.20 Å². The van der Waals surface area contributed by atoms with Crippen molar-refractivity contribution in [1.82, 2.24) is 19.6 Å². The van der Waals surface area contributed by atoms with Crippen molar-refractivity contribution in [1.29, 1.82) is 0 Å². The normalized spacial score (nSPS) is 12.0. The average Bonchev–Trinajstić information content (AvgIpc) is 3.20. The first-order valence-electron chi connectivity index (χ1n) is 8.65. The van der Waals surface area contributed by atoms with E-state index in [9.17, 15) is 19.3 Å². The lowest BCUT2D eigenvalue weighted by atomic mass is 10.2. The van der Waals surface area contributed by atoms with Gasteiger partial charge in [-0.1, -0.05) is 17.7 Å². The molecule has 2 heterocycles. The van der Waals surface area contributed by atoms with E-state index in [4.69, 9.17) is 11.6 Å². The van der Waals surface area contributed by atoms with Crippen molar-refractivity contribution in [3.05, 3.63) is 68.4 Å². The Labute approximate surface area is 170 Å². The zero-order chi connectivity index (χ0) is 21.3. The van der Waals surface area contributed by atoms with Gasteiger partial charge in [0.05, 0.1) is 11.5 Å². The van der Waals surface area contributed by atoms with Crippen LogP contribution in [-0.4, -0.2) is 30.4 Å². The second-order valence-corrected chi connectivity index (χ2v) is 6.92. The third kappa shape index (κ3) is 4.11. The molecule has 1 N–H and O–H groups in total. The number of nitrogens with one attached hydrogen (secondary N) is 1. The third-order valence-corrected chi connectivity index (χ3v) is 4.92. The second kappa shape index (κ2) is 8.00.